The molecule has 2 aliphatic rings. The molecule has 14 nitrogen and oxygen atoms in total. The highest BCUT2D eigenvalue weighted by atomic mass is 16.7. The molecular formula is C51H97NO13. The van der Waals surface area contributed by atoms with Gasteiger partial charge >= 0.3 is 0 Å². The average molecular weight is 932 g/mol. The molecule has 12 atom stereocenters. The number of amides is 1. The molecule has 12 unspecified atom stereocenters. The summed E-state index contributed by atoms with van der Waals surface area (Å²) in [4.78, 5) is 13.2. The van der Waals surface area contributed by atoms with Crippen molar-refractivity contribution >= 4 is 5.91 Å². The van der Waals surface area contributed by atoms with Gasteiger partial charge in [-0.1, -0.05) is 180 Å². The molecule has 14 heteroatoms. The first-order chi connectivity index (χ1) is 31.6. The summed E-state index contributed by atoms with van der Waals surface area (Å²) in [7, 11) is 0. The van der Waals surface area contributed by atoms with Crippen LogP contribution in [0.4, 0.5) is 0 Å². The van der Waals surface area contributed by atoms with Gasteiger partial charge in [0.15, 0.2) is 12.6 Å². The molecular weight excluding hydrogens is 835 g/mol. The molecule has 65 heavy (non-hydrogen) atoms. The molecule has 0 radical (unpaired) electrons. The first kappa shape index (κ1) is 59.9. The lowest BCUT2D eigenvalue weighted by Gasteiger charge is -2.46. The molecule has 0 aromatic carbocycles. The third kappa shape index (κ3) is 25.8. The van der Waals surface area contributed by atoms with Crippen LogP contribution in [0.5, 0.6) is 0 Å². The maximum atomic E-state index is 13.2. The second kappa shape index (κ2) is 38.6. The van der Waals surface area contributed by atoms with Gasteiger partial charge < -0.3 is 65.1 Å². The Kier molecular flexibility index (Phi) is 35.5. The number of nitrogens with one attached hydrogen (secondary N) is 1. The SMILES string of the molecule is CCCCCC/C=C\CCCCCCCC(=O)NC(COC1OC(CO)C(OC2OC(CO)C(O)C(O)C2O)C(O)C1O)C(O)CCCCCCCCCCCCCCCCCCCC. The van der Waals surface area contributed by atoms with Crippen LogP contribution in [0.2, 0.25) is 0 Å². The largest absolute Gasteiger partial charge is 0.394 e. The van der Waals surface area contributed by atoms with E-state index in [1.165, 1.54) is 116 Å². The minimum Gasteiger partial charge on any atom is -0.394 e. The molecule has 0 aromatic heterocycles. The standard InChI is InChI=1S/C51H97NO13/c1-3-5-7-9-11-13-15-17-18-19-20-21-23-24-26-28-30-32-34-40(55)39(52-43(56)35-33-31-29-27-25-22-16-14-12-10-8-6-4-2)38-62-50-48(61)46(59)49(42(37-54)64-50)65-51-47(60)45(58)44(57)41(36-53)63-51/h14,16,39-42,44-51,53-55,57-61H,3-13,15,17-38H2,1-2H3,(H,52,56)/b16-14-. The molecule has 9 N–H and O–H groups in total. The van der Waals surface area contributed by atoms with Crippen LogP contribution in [-0.4, -0.2) is 140 Å². The first-order valence-electron chi connectivity index (χ1n) is 26.4. The van der Waals surface area contributed by atoms with Crippen molar-refractivity contribution in [1.29, 1.82) is 0 Å². The molecule has 0 aliphatic carbocycles. The lowest BCUT2D eigenvalue weighted by Crippen LogP contribution is -2.65. The molecule has 0 bridgehead atoms. The molecule has 2 saturated heterocycles. The predicted octanol–water partition coefficient (Wildman–Crippen LogP) is 7.16. The molecule has 384 valence electrons. The van der Waals surface area contributed by atoms with Gasteiger partial charge in [-0.15, -0.1) is 0 Å². The summed E-state index contributed by atoms with van der Waals surface area (Å²) < 4.78 is 22.8. The van der Waals surface area contributed by atoms with Crippen molar-refractivity contribution in [2.45, 2.75) is 286 Å². The number of aliphatic hydroxyl groups excluding tert-OH is 8. The Balaban J connectivity index is 1.81. The highest BCUT2D eigenvalue weighted by Gasteiger charge is 2.51. The van der Waals surface area contributed by atoms with Crippen LogP contribution >= 0.6 is 0 Å². The second-order valence-corrected chi connectivity index (χ2v) is 19.0. The fourth-order valence-corrected chi connectivity index (χ4v) is 8.88. The van der Waals surface area contributed by atoms with Gasteiger partial charge in [0.2, 0.25) is 5.91 Å². The summed E-state index contributed by atoms with van der Waals surface area (Å²) >= 11 is 0. The van der Waals surface area contributed by atoms with Crippen LogP contribution < -0.4 is 5.32 Å². The summed E-state index contributed by atoms with van der Waals surface area (Å²) in [6, 6.07) is -0.828. The van der Waals surface area contributed by atoms with Gasteiger partial charge in [-0.3, -0.25) is 4.79 Å². The number of unbranched alkanes of at least 4 members (excludes halogenated alkanes) is 26. The fourth-order valence-electron chi connectivity index (χ4n) is 8.88. The van der Waals surface area contributed by atoms with Crippen LogP contribution in [0, 0.1) is 0 Å². The topological polar surface area (TPSA) is 228 Å². The maximum absolute atomic E-state index is 13.2. The normalized spacial score (nSPS) is 27.0. The predicted molar refractivity (Wildman–Crippen MR) is 254 cm³/mol. The molecule has 0 aromatic rings. The van der Waals surface area contributed by atoms with Gasteiger partial charge in [-0.05, 0) is 38.5 Å². The van der Waals surface area contributed by atoms with Crippen molar-refractivity contribution in [2.75, 3.05) is 19.8 Å². The van der Waals surface area contributed by atoms with E-state index in [2.05, 4.69) is 31.3 Å². The summed E-state index contributed by atoms with van der Waals surface area (Å²) in [5, 5.41) is 86.9. The molecule has 2 heterocycles. The number of allylic oxidation sites excluding steroid dienone is 2. The zero-order valence-electron chi connectivity index (χ0n) is 40.7. The second-order valence-electron chi connectivity index (χ2n) is 19.0. The van der Waals surface area contributed by atoms with Gasteiger partial charge in [-0.25, -0.2) is 0 Å². The Morgan fingerprint density at radius 1 is 0.538 bits per heavy atom. The lowest BCUT2D eigenvalue weighted by molar-refractivity contribution is -0.359. The number of hydrogen-bond acceptors (Lipinski definition) is 13. The Morgan fingerprint density at radius 2 is 0.969 bits per heavy atom. The van der Waals surface area contributed by atoms with Crippen molar-refractivity contribution in [3.05, 3.63) is 12.2 Å². The van der Waals surface area contributed by atoms with Crippen LogP contribution in [0.15, 0.2) is 12.2 Å². The number of ether oxygens (including phenoxy) is 4. The number of rotatable bonds is 41. The summed E-state index contributed by atoms with van der Waals surface area (Å²) in [5.74, 6) is -0.215. The van der Waals surface area contributed by atoms with Crippen LogP contribution in [0.25, 0.3) is 0 Å². The van der Waals surface area contributed by atoms with Crippen molar-refractivity contribution in [3.8, 4) is 0 Å². The van der Waals surface area contributed by atoms with E-state index in [0.717, 1.165) is 64.2 Å². The summed E-state index contributed by atoms with van der Waals surface area (Å²) in [6.07, 6.45) is 23.5. The highest BCUT2D eigenvalue weighted by Crippen LogP contribution is 2.30. The van der Waals surface area contributed by atoms with E-state index in [9.17, 15) is 45.6 Å². The Morgan fingerprint density at radius 3 is 1.48 bits per heavy atom. The van der Waals surface area contributed by atoms with E-state index in [1.807, 2.05) is 0 Å². The zero-order chi connectivity index (χ0) is 47.5. The first-order valence-corrected chi connectivity index (χ1v) is 26.4. The summed E-state index contributed by atoms with van der Waals surface area (Å²) in [5.41, 5.74) is 0. The highest BCUT2D eigenvalue weighted by molar-refractivity contribution is 5.76. The zero-order valence-corrected chi connectivity index (χ0v) is 40.7. The van der Waals surface area contributed by atoms with Crippen molar-refractivity contribution in [3.63, 3.8) is 0 Å². The molecule has 0 spiro atoms. The van der Waals surface area contributed by atoms with Crippen molar-refractivity contribution < 1.29 is 64.6 Å². The van der Waals surface area contributed by atoms with Gasteiger partial charge in [0, 0.05) is 6.42 Å². The van der Waals surface area contributed by atoms with E-state index < -0.39 is 86.8 Å². The Labute approximate surface area is 393 Å². The quantitative estimate of drug-likeness (QED) is 0.0219. The smallest absolute Gasteiger partial charge is 0.220 e. The molecule has 0 saturated carbocycles. The van der Waals surface area contributed by atoms with Crippen molar-refractivity contribution in [1.82, 2.24) is 5.32 Å². The van der Waals surface area contributed by atoms with Crippen LogP contribution in [0.3, 0.4) is 0 Å². The third-order valence-corrected chi connectivity index (χ3v) is 13.2. The average Bonchev–Trinajstić information content (AvgIpc) is 3.30. The van der Waals surface area contributed by atoms with E-state index in [4.69, 9.17) is 18.9 Å². The number of carbonyl (C=O) groups is 1. The number of hydrogen-bond donors (Lipinski definition) is 9. The van der Waals surface area contributed by atoms with E-state index in [0.29, 0.717) is 19.3 Å². The van der Waals surface area contributed by atoms with Crippen LogP contribution in [-0.2, 0) is 23.7 Å². The Hall–Kier alpha value is -1.27. The van der Waals surface area contributed by atoms with E-state index in [1.54, 1.807) is 0 Å². The molecule has 2 aliphatic heterocycles. The van der Waals surface area contributed by atoms with Gasteiger partial charge in [0.25, 0.3) is 0 Å². The molecule has 2 rings (SSSR count). The van der Waals surface area contributed by atoms with E-state index in [-0.39, 0.29) is 12.5 Å². The number of carbonyl (C=O) groups excluding carboxylic acids is 1. The van der Waals surface area contributed by atoms with Crippen molar-refractivity contribution in [2.24, 2.45) is 0 Å². The van der Waals surface area contributed by atoms with Gasteiger partial charge in [-0.2, -0.15) is 0 Å². The molecule has 2 fully saturated rings. The third-order valence-electron chi connectivity index (χ3n) is 13.2. The summed E-state index contributed by atoms with van der Waals surface area (Å²) in [6.45, 7) is 2.84. The lowest BCUT2D eigenvalue weighted by atomic mass is 9.97. The fraction of sp³-hybridized carbons (Fsp3) is 0.941. The molecule has 1 amide bonds. The monoisotopic (exact) mass is 932 g/mol. The van der Waals surface area contributed by atoms with Crippen LogP contribution in [0.1, 0.15) is 213 Å². The van der Waals surface area contributed by atoms with Gasteiger partial charge in [0.05, 0.1) is 32.0 Å². The maximum Gasteiger partial charge on any atom is 0.220 e. The minimum absolute atomic E-state index is 0.215. The minimum atomic E-state index is -1.78. The van der Waals surface area contributed by atoms with Gasteiger partial charge in [0.1, 0.15) is 48.8 Å². The number of aliphatic hydroxyl groups is 8. The van der Waals surface area contributed by atoms with E-state index >= 15 is 0 Å². The Bertz CT molecular complexity index is 1150.